The molecule has 104 valence electrons. The first-order valence-corrected chi connectivity index (χ1v) is 6.81. The molecule has 0 radical (unpaired) electrons. The van der Waals surface area contributed by atoms with Gasteiger partial charge in [-0.25, -0.2) is 4.79 Å². The van der Waals surface area contributed by atoms with E-state index in [1.54, 1.807) is 6.07 Å². The lowest BCUT2D eigenvalue weighted by Gasteiger charge is -2.22. The molecule has 1 aliphatic rings. The van der Waals surface area contributed by atoms with Gasteiger partial charge in [-0.05, 0) is 22.9 Å². The third-order valence-electron chi connectivity index (χ3n) is 3.58. The molecule has 1 saturated heterocycles. The highest BCUT2D eigenvalue weighted by atomic mass is 16.6. The van der Waals surface area contributed by atoms with E-state index in [0.717, 1.165) is 23.6 Å². The molecule has 1 aliphatic heterocycles. The van der Waals surface area contributed by atoms with Crippen molar-refractivity contribution in [2.24, 2.45) is 0 Å². The Labute approximate surface area is 117 Å². The first-order valence-electron chi connectivity index (χ1n) is 6.81. The van der Waals surface area contributed by atoms with Crippen LogP contribution in [0.3, 0.4) is 0 Å². The van der Waals surface area contributed by atoms with Crippen LogP contribution in [0.4, 0.5) is 5.69 Å². The predicted octanol–water partition coefficient (Wildman–Crippen LogP) is 2.76. The molecule has 0 aliphatic carbocycles. The van der Waals surface area contributed by atoms with E-state index >= 15 is 0 Å². The second-order valence-electron chi connectivity index (χ2n) is 5.00. The third-order valence-corrected chi connectivity index (χ3v) is 3.58. The highest BCUT2D eigenvalue weighted by molar-refractivity contribution is 6.01. The van der Waals surface area contributed by atoms with E-state index in [2.05, 4.69) is 0 Å². The molecule has 0 amide bonds. The Morgan fingerprint density at radius 1 is 1.15 bits per heavy atom. The second-order valence-corrected chi connectivity index (χ2v) is 5.00. The molecule has 0 saturated carbocycles. The van der Waals surface area contributed by atoms with Gasteiger partial charge in [-0.1, -0.05) is 24.3 Å². The molecular formula is C16H17NO3. The van der Waals surface area contributed by atoms with Crippen LogP contribution >= 0.6 is 0 Å². The molecule has 2 aromatic carbocycles. The van der Waals surface area contributed by atoms with Gasteiger partial charge >= 0.3 is 5.97 Å². The zero-order valence-corrected chi connectivity index (χ0v) is 11.2. The normalized spacial score (nSPS) is 16.2. The van der Waals surface area contributed by atoms with Gasteiger partial charge in [0.25, 0.3) is 0 Å². The number of anilines is 1. The number of carbonyl (C=O) groups is 1. The number of carbonyl (C=O) groups excluding carboxylic acids is 1. The van der Waals surface area contributed by atoms with E-state index in [0.29, 0.717) is 24.5 Å². The molecule has 0 spiro atoms. The van der Waals surface area contributed by atoms with Crippen LogP contribution in [0.1, 0.15) is 23.2 Å². The number of hydrogen-bond acceptors (Lipinski definition) is 4. The van der Waals surface area contributed by atoms with E-state index in [1.807, 2.05) is 30.3 Å². The summed E-state index contributed by atoms with van der Waals surface area (Å²) >= 11 is 0. The summed E-state index contributed by atoms with van der Waals surface area (Å²) in [6.07, 6.45) is 1.43. The number of nitrogen functional groups attached to an aromatic ring is 1. The number of ether oxygens (including phenoxy) is 2. The van der Waals surface area contributed by atoms with Crippen LogP contribution in [0.2, 0.25) is 0 Å². The van der Waals surface area contributed by atoms with Crippen molar-refractivity contribution in [3.8, 4) is 0 Å². The molecule has 0 atom stereocenters. The molecule has 2 aromatic rings. The van der Waals surface area contributed by atoms with Gasteiger partial charge in [-0.15, -0.1) is 0 Å². The van der Waals surface area contributed by atoms with Crippen LogP contribution in [0, 0.1) is 0 Å². The smallest absolute Gasteiger partial charge is 0.340 e. The average molecular weight is 271 g/mol. The van der Waals surface area contributed by atoms with Crippen LogP contribution < -0.4 is 5.73 Å². The van der Waals surface area contributed by atoms with Gasteiger partial charge in [0.1, 0.15) is 6.10 Å². The zero-order valence-electron chi connectivity index (χ0n) is 11.2. The zero-order chi connectivity index (χ0) is 13.9. The maximum absolute atomic E-state index is 12.2. The van der Waals surface area contributed by atoms with E-state index in [9.17, 15) is 4.79 Å². The summed E-state index contributed by atoms with van der Waals surface area (Å²) in [5, 5.41) is 2.01. The second kappa shape index (κ2) is 5.51. The molecule has 0 aromatic heterocycles. The van der Waals surface area contributed by atoms with E-state index in [-0.39, 0.29) is 12.1 Å². The first-order chi connectivity index (χ1) is 9.74. The molecule has 1 fully saturated rings. The summed E-state index contributed by atoms with van der Waals surface area (Å²) in [7, 11) is 0. The number of rotatable bonds is 2. The summed E-state index contributed by atoms with van der Waals surface area (Å²) in [5.41, 5.74) is 6.87. The SMILES string of the molecule is Nc1cc2ccccc2cc1C(=O)OC1CCOCC1. The summed E-state index contributed by atoms with van der Waals surface area (Å²) in [5.74, 6) is -0.347. The Morgan fingerprint density at radius 2 is 1.80 bits per heavy atom. The van der Waals surface area contributed by atoms with Crippen LogP contribution in [-0.2, 0) is 9.47 Å². The van der Waals surface area contributed by atoms with Crippen molar-refractivity contribution >= 4 is 22.4 Å². The van der Waals surface area contributed by atoms with E-state index in [4.69, 9.17) is 15.2 Å². The molecule has 1 heterocycles. The topological polar surface area (TPSA) is 61.6 Å². The quantitative estimate of drug-likeness (QED) is 0.674. The molecule has 20 heavy (non-hydrogen) atoms. The van der Waals surface area contributed by atoms with Crippen LogP contribution in [0.15, 0.2) is 36.4 Å². The van der Waals surface area contributed by atoms with Crippen molar-refractivity contribution in [2.75, 3.05) is 18.9 Å². The molecule has 4 nitrogen and oxygen atoms in total. The lowest BCUT2D eigenvalue weighted by Crippen LogP contribution is -2.26. The monoisotopic (exact) mass is 271 g/mol. The molecule has 4 heteroatoms. The molecule has 3 rings (SSSR count). The number of esters is 1. The molecule has 0 unspecified atom stereocenters. The Bertz CT molecular complexity index is 633. The van der Waals surface area contributed by atoms with Crippen LogP contribution in [0.5, 0.6) is 0 Å². The van der Waals surface area contributed by atoms with Gasteiger partial charge in [0, 0.05) is 18.5 Å². The maximum Gasteiger partial charge on any atom is 0.340 e. The van der Waals surface area contributed by atoms with Crippen molar-refractivity contribution in [1.82, 2.24) is 0 Å². The standard InChI is InChI=1S/C16H17NO3/c17-15-10-12-4-2-1-3-11(12)9-14(15)16(18)20-13-5-7-19-8-6-13/h1-4,9-10,13H,5-8,17H2. The average Bonchev–Trinajstić information content (AvgIpc) is 2.47. The van der Waals surface area contributed by atoms with Crippen molar-refractivity contribution in [2.45, 2.75) is 18.9 Å². The summed E-state index contributed by atoms with van der Waals surface area (Å²) < 4.78 is 10.8. The minimum atomic E-state index is -0.347. The van der Waals surface area contributed by atoms with E-state index < -0.39 is 0 Å². The van der Waals surface area contributed by atoms with Crippen molar-refractivity contribution in [3.63, 3.8) is 0 Å². The Balaban J connectivity index is 1.84. The van der Waals surface area contributed by atoms with Gasteiger partial charge in [0.2, 0.25) is 0 Å². The minimum Gasteiger partial charge on any atom is -0.459 e. The van der Waals surface area contributed by atoms with Crippen molar-refractivity contribution < 1.29 is 14.3 Å². The van der Waals surface area contributed by atoms with Gasteiger partial charge < -0.3 is 15.2 Å². The Morgan fingerprint density at radius 3 is 2.50 bits per heavy atom. The predicted molar refractivity (Wildman–Crippen MR) is 77.6 cm³/mol. The van der Waals surface area contributed by atoms with Gasteiger partial charge in [0.05, 0.1) is 18.8 Å². The van der Waals surface area contributed by atoms with Crippen molar-refractivity contribution in [1.29, 1.82) is 0 Å². The molecular weight excluding hydrogens is 254 g/mol. The highest BCUT2D eigenvalue weighted by Gasteiger charge is 2.20. The largest absolute Gasteiger partial charge is 0.459 e. The van der Waals surface area contributed by atoms with Gasteiger partial charge in [-0.3, -0.25) is 0 Å². The minimum absolute atomic E-state index is 0.0675. The number of nitrogens with two attached hydrogens (primary N) is 1. The first kappa shape index (κ1) is 12.9. The summed E-state index contributed by atoms with van der Waals surface area (Å²) in [6, 6.07) is 11.4. The fourth-order valence-electron chi connectivity index (χ4n) is 2.44. The van der Waals surface area contributed by atoms with Crippen LogP contribution in [0.25, 0.3) is 10.8 Å². The molecule has 0 bridgehead atoms. The number of benzene rings is 2. The highest BCUT2D eigenvalue weighted by Crippen LogP contribution is 2.23. The van der Waals surface area contributed by atoms with Crippen molar-refractivity contribution in [3.05, 3.63) is 42.0 Å². The van der Waals surface area contributed by atoms with E-state index in [1.165, 1.54) is 0 Å². The maximum atomic E-state index is 12.2. The number of hydrogen-bond donors (Lipinski definition) is 1. The van der Waals surface area contributed by atoms with Gasteiger partial charge in [-0.2, -0.15) is 0 Å². The molecule has 2 N–H and O–H groups in total. The Kier molecular flexibility index (Phi) is 3.56. The lowest BCUT2D eigenvalue weighted by molar-refractivity contribution is -0.0158. The Hall–Kier alpha value is -2.07. The van der Waals surface area contributed by atoms with Crippen LogP contribution in [-0.4, -0.2) is 25.3 Å². The lowest BCUT2D eigenvalue weighted by atomic mass is 10.0. The summed E-state index contributed by atoms with van der Waals surface area (Å²) in [4.78, 5) is 12.2. The third kappa shape index (κ3) is 2.60. The number of fused-ring (bicyclic) bond motifs is 1. The fourth-order valence-corrected chi connectivity index (χ4v) is 2.44. The fraction of sp³-hybridized carbons (Fsp3) is 0.312. The summed E-state index contributed by atoms with van der Waals surface area (Å²) in [6.45, 7) is 1.29. The van der Waals surface area contributed by atoms with Gasteiger partial charge in [0.15, 0.2) is 0 Å².